The van der Waals surface area contributed by atoms with Gasteiger partial charge in [0, 0.05) is 34.1 Å². The Hall–Kier alpha value is -2.38. The average Bonchev–Trinajstić information content (AvgIpc) is 2.40. The van der Waals surface area contributed by atoms with Crippen molar-refractivity contribution in [2.24, 2.45) is 0 Å². The van der Waals surface area contributed by atoms with Gasteiger partial charge in [-0.1, -0.05) is 12.2 Å². The number of carbonyl (C=O) groups is 4. The van der Waals surface area contributed by atoms with Crippen molar-refractivity contribution in [1.29, 1.82) is 0 Å². The summed E-state index contributed by atoms with van der Waals surface area (Å²) in [5.41, 5.74) is 0. The molecule has 0 saturated carbocycles. The van der Waals surface area contributed by atoms with Gasteiger partial charge in [0.05, 0.1) is 0 Å². The second-order valence-corrected chi connectivity index (χ2v) is 4.61. The van der Waals surface area contributed by atoms with Crippen molar-refractivity contribution >= 4 is 23.9 Å². The molecule has 0 bridgehead atoms. The van der Waals surface area contributed by atoms with E-state index in [0.29, 0.717) is 0 Å². The molecular formula is C15H22O8. The van der Waals surface area contributed by atoms with E-state index < -0.39 is 36.1 Å². The number of hydrogen-bond donors (Lipinski definition) is 0. The second-order valence-electron chi connectivity index (χ2n) is 4.61. The molecule has 0 amide bonds. The van der Waals surface area contributed by atoms with Gasteiger partial charge in [-0.05, 0) is 0 Å². The molecule has 8 nitrogen and oxygen atoms in total. The van der Waals surface area contributed by atoms with Crippen LogP contribution in [0.15, 0.2) is 12.2 Å². The van der Waals surface area contributed by atoms with Gasteiger partial charge in [-0.3, -0.25) is 19.2 Å². The van der Waals surface area contributed by atoms with Gasteiger partial charge in [0.15, 0.2) is 6.10 Å². The minimum Gasteiger partial charge on any atom is -0.462 e. The summed E-state index contributed by atoms with van der Waals surface area (Å²) in [5.74, 6) is -2.13. The maximum Gasteiger partial charge on any atom is 0.303 e. The summed E-state index contributed by atoms with van der Waals surface area (Å²) < 4.78 is 19.7. The third-order valence-electron chi connectivity index (χ3n) is 2.42. The van der Waals surface area contributed by atoms with Crippen molar-refractivity contribution in [3.8, 4) is 0 Å². The molecule has 130 valence electrons. The summed E-state index contributed by atoms with van der Waals surface area (Å²) in [4.78, 5) is 43.9. The highest BCUT2D eigenvalue weighted by molar-refractivity contribution is 5.68. The lowest BCUT2D eigenvalue weighted by molar-refractivity contribution is -0.172. The van der Waals surface area contributed by atoms with Crippen LogP contribution in [-0.4, -0.2) is 49.3 Å². The van der Waals surface area contributed by atoms with Crippen LogP contribution >= 0.6 is 0 Å². The molecule has 2 atom stereocenters. The zero-order chi connectivity index (χ0) is 17.8. The number of ether oxygens (including phenoxy) is 4. The maximum absolute atomic E-state index is 11.2. The fraction of sp³-hybridized carbons (Fsp3) is 0.600. The van der Waals surface area contributed by atoms with Gasteiger partial charge in [-0.2, -0.15) is 0 Å². The summed E-state index contributed by atoms with van der Waals surface area (Å²) in [7, 11) is 0. The first-order valence-electron chi connectivity index (χ1n) is 6.98. The van der Waals surface area contributed by atoms with Crippen LogP contribution in [0.2, 0.25) is 0 Å². The Morgan fingerprint density at radius 2 is 1.26 bits per heavy atom. The topological polar surface area (TPSA) is 105 Å². The molecule has 0 saturated heterocycles. The summed E-state index contributed by atoms with van der Waals surface area (Å²) in [6.07, 6.45) is 1.61. The monoisotopic (exact) mass is 330 g/mol. The van der Waals surface area contributed by atoms with Gasteiger partial charge in [-0.25, -0.2) is 0 Å². The molecule has 0 aliphatic heterocycles. The molecular weight excluding hydrogens is 308 g/mol. The minimum absolute atomic E-state index is 0.0737. The van der Waals surface area contributed by atoms with Crippen LogP contribution in [0.3, 0.4) is 0 Å². The predicted molar refractivity (Wildman–Crippen MR) is 78.1 cm³/mol. The molecule has 0 heterocycles. The summed E-state index contributed by atoms with van der Waals surface area (Å²) in [6.45, 7) is 4.75. The molecule has 8 heteroatoms. The Morgan fingerprint density at radius 3 is 1.74 bits per heavy atom. The molecule has 0 rings (SSSR count). The third-order valence-corrected chi connectivity index (χ3v) is 2.42. The van der Waals surface area contributed by atoms with E-state index in [9.17, 15) is 19.2 Å². The first-order chi connectivity index (χ1) is 10.7. The fourth-order valence-corrected chi connectivity index (χ4v) is 1.58. The molecule has 0 aromatic carbocycles. The highest BCUT2D eigenvalue weighted by Crippen LogP contribution is 2.12. The third kappa shape index (κ3) is 11.9. The van der Waals surface area contributed by atoms with Gasteiger partial charge >= 0.3 is 23.9 Å². The molecule has 0 radical (unpaired) electrons. The van der Waals surface area contributed by atoms with E-state index in [2.05, 4.69) is 0 Å². The molecule has 0 spiro atoms. The Labute approximate surface area is 134 Å². The zero-order valence-electron chi connectivity index (χ0n) is 13.7. The van der Waals surface area contributed by atoms with Crippen molar-refractivity contribution in [3.63, 3.8) is 0 Å². The average molecular weight is 330 g/mol. The largest absolute Gasteiger partial charge is 0.462 e. The van der Waals surface area contributed by atoms with E-state index in [1.165, 1.54) is 27.7 Å². The lowest BCUT2D eigenvalue weighted by Crippen LogP contribution is -2.38. The molecule has 0 aromatic heterocycles. The van der Waals surface area contributed by atoms with Crippen LogP contribution in [-0.2, 0) is 38.1 Å². The molecule has 23 heavy (non-hydrogen) atoms. The van der Waals surface area contributed by atoms with Crippen LogP contribution < -0.4 is 0 Å². The highest BCUT2D eigenvalue weighted by atomic mass is 16.6. The van der Waals surface area contributed by atoms with Crippen LogP contribution in [0.25, 0.3) is 0 Å². The van der Waals surface area contributed by atoms with Gasteiger partial charge in [-0.15, -0.1) is 0 Å². The Kier molecular flexibility index (Phi) is 10.1. The predicted octanol–water partition coefficient (Wildman–Crippen LogP) is 0.922. The first-order valence-corrected chi connectivity index (χ1v) is 6.98. The van der Waals surface area contributed by atoms with Gasteiger partial charge in [0.1, 0.15) is 19.3 Å². The number of rotatable bonds is 9. The smallest absolute Gasteiger partial charge is 0.303 e. The van der Waals surface area contributed by atoms with Crippen molar-refractivity contribution in [3.05, 3.63) is 12.2 Å². The molecule has 0 aliphatic carbocycles. The number of esters is 4. The van der Waals surface area contributed by atoms with E-state index in [4.69, 9.17) is 18.9 Å². The van der Waals surface area contributed by atoms with Gasteiger partial charge in [0.2, 0.25) is 0 Å². The molecule has 0 fully saturated rings. The quantitative estimate of drug-likeness (QED) is 0.349. The number of hydrogen-bond acceptors (Lipinski definition) is 8. The van der Waals surface area contributed by atoms with E-state index in [1.54, 1.807) is 12.2 Å². The first kappa shape index (κ1) is 20.6. The molecule has 0 aliphatic rings. The number of carbonyl (C=O) groups excluding carboxylic acids is 4. The van der Waals surface area contributed by atoms with Crippen LogP contribution in [0.5, 0.6) is 0 Å². The van der Waals surface area contributed by atoms with Crippen molar-refractivity contribution in [2.45, 2.75) is 46.3 Å². The lowest BCUT2D eigenvalue weighted by Gasteiger charge is -2.25. The summed E-state index contributed by atoms with van der Waals surface area (Å²) in [6, 6.07) is 0. The van der Waals surface area contributed by atoms with Crippen LogP contribution in [0.4, 0.5) is 0 Å². The Morgan fingerprint density at radius 1 is 0.739 bits per heavy atom. The minimum atomic E-state index is -0.932. The Bertz CT molecular complexity index is 454. The van der Waals surface area contributed by atoms with E-state index in [-0.39, 0.29) is 19.6 Å². The van der Waals surface area contributed by atoms with Crippen molar-refractivity contribution in [2.75, 3.05) is 13.2 Å². The standard InChI is InChI=1S/C15H22O8/c1-10(16)20-8-6-5-7-14(22-12(3)18)15(23-13(4)19)9-21-11(2)17/h5-6,14-15H,7-9H2,1-4H3/b6-5-/t14-,15+/m0/s1. The highest BCUT2D eigenvalue weighted by Gasteiger charge is 2.27. The fourth-order valence-electron chi connectivity index (χ4n) is 1.58. The normalized spacial score (nSPS) is 13.0. The van der Waals surface area contributed by atoms with E-state index in [0.717, 1.165) is 0 Å². The Balaban J connectivity index is 4.81. The summed E-state index contributed by atoms with van der Waals surface area (Å²) in [5, 5.41) is 0. The van der Waals surface area contributed by atoms with Gasteiger partial charge in [0.25, 0.3) is 0 Å². The van der Waals surface area contributed by atoms with Gasteiger partial charge < -0.3 is 18.9 Å². The molecule has 0 aromatic rings. The summed E-state index contributed by atoms with van der Waals surface area (Å²) >= 11 is 0. The SMILES string of the molecule is CC(=O)OC/C=C\C[C@H](OC(C)=O)[C@@H](COC(C)=O)OC(C)=O. The zero-order valence-corrected chi connectivity index (χ0v) is 13.7. The van der Waals surface area contributed by atoms with Crippen molar-refractivity contribution < 1.29 is 38.1 Å². The molecule has 0 unspecified atom stereocenters. The van der Waals surface area contributed by atoms with E-state index >= 15 is 0 Å². The van der Waals surface area contributed by atoms with Crippen LogP contribution in [0, 0.1) is 0 Å². The lowest BCUT2D eigenvalue weighted by atomic mass is 10.1. The molecule has 0 N–H and O–H groups in total. The van der Waals surface area contributed by atoms with Crippen LogP contribution in [0.1, 0.15) is 34.1 Å². The second kappa shape index (κ2) is 11.2. The maximum atomic E-state index is 11.2. The van der Waals surface area contributed by atoms with Crippen molar-refractivity contribution in [1.82, 2.24) is 0 Å². The van der Waals surface area contributed by atoms with E-state index in [1.807, 2.05) is 0 Å².